The van der Waals surface area contributed by atoms with Crippen molar-refractivity contribution in [1.82, 2.24) is 9.55 Å². The van der Waals surface area contributed by atoms with Gasteiger partial charge in [-0.25, -0.2) is 4.98 Å². The summed E-state index contributed by atoms with van der Waals surface area (Å²) < 4.78 is 2.15. The minimum absolute atomic E-state index is 0.240. The molecule has 0 amide bonds. The van der Waals surface area contributed by atoms with Gasteiger partial charge >= 0.3 is 0 Å². The van der Waals surface area contributed by atoms with Gasteiger partial charge in [-0.2, -0.15) is 0 Å². The van der Waals surface area contributed by atoms with E-state index >= 15 is 0 Å². The molecule has 0 aliphatic rings. The fourth-order valence-electron chi connectivity index (χ4n) is 2.51. The highest BCUT2D eigenvalue weighted by molar-refractivity contribution is 6.31. The number of halogens is 2. The molecule has 3 rings (SSSR count). The maximum Gasteiger partial charge on any atom is 0.143 e. The topological polar surface area (TPSA) is 43.8 Å². The molecule has 108 valence electrons. The number of nitrogens with zero attached hydrogens (tertiary/aromatic N) is 2. The van der Waals surface area contributed by atoms with Crippen molar-refractivity contribution >= 4 is 39.9 Å². The van der Waals surface area contributed by atoms with Crippen molar-refractivity contribution in [3.8, 4) is 11.4 Å². The number of hydrogen-bond donors (Lipinski definition) is 1. The second kappa shape index (κ2) is 5.24. The van der Waals surface area contributed by atoms with Crippen molar-refractivity contribution in [2.75, 3.05) is 5.73 Å². The standard InChI is InChI=1S/C16H15Cl2N3/c1-9(2)21-15-6-4-11(18)8-14(15)20-16(21)12-7-10(17)3-5-13(12)19/h3-9H,19H2,1-2H3. The Morgan fingerprint density at radius 3 is 2.43 bits per heavy atom. The first kappa shape index (κ1) is 14.2. The van der Waals surface area contributed by atoms with Crippen molar-refractivity contribution in [2.24, 2.45) is 0 Å². The number of anilines is 1. The predicted octanol–water partition coefficient (Wildman–Crippen LogP) is 5.17. The highest BCUT2D eigenvalue weighted by Crippen LogP contribution is 2.33. The zero-order valence-electron chi connectivity index (χ0n) is 11.8. The van der Waals surface area contributed by atoms with Crippen LogP contribution >= 0.6 is 23.2 Å². The maximum atomic E-state index is 6.11. The third-order valence-corrected chi connectivity index (χ3v) is 3.89. The summed E-state index contributed by atoms with van der Waals surface area (Å²) >= 11 is 12.2. The third-order valence-electron chi connectivity index (χ3n) is 3.42. The van der Waals surface area contributed by atoms with Crippen molar-refractivity contribution in [1.29, 1.82) is 0 Å². The van der Waals surface area contributed by atoms with Crippen LogP contribution in [0.1, 0.15) is 19.9 Å². The van der Waals surface area contributed by atoms with Crippen LogP contribution in [0.5, 0.6) is 0 Å². The van der Waals surface area contributed by atoms with E-state index in [9.17, 15) is 0 Å². The van der Waals surface area contributed by atoms with Crippen LogP contribution in [0, 0.1) is 0 Å². The van der Waals surface area contributed by atoms with Crippen LogP contribution < -0.4 is 5.73 Å². The maximum absolute atomic E-state index is 6.11. The Balaban J connectivity index is 2.36. The lowest BCUT2D eigenvalue weighted by molar-refractivity contribution is 0.624. The highest BCUT2D eigenvalue weighted by atomic mass is 35.5. The van der Waals surface area contributed by atoms with E-state index in [0.717, 1.165) is 22.4 Å². The molecule has 0 fully saturated rings. The van der Waals surface area contributed by atoms with Crippen LogP contribution in [-0.4, -0.2) is 9.55 Å². The van der Waals surface area contributed by atoms with E-state index in [1.165, 1.54) is 0 Å². The molecule has 0 aliphatic heterocycles. The molecule has 0 unspecified atom stereocenters. The Kier molecular flexibility index (Phi) is 3.56. The summed E-state index contributed by atoms with van der Waals surface area (Å²) in [7, 11) is 0. The van der Waals surface area contributed by atoms with Gasteiger partial charge < -0.3 is 10.3 Å². The average molecular weight is 320 g/mol. The SMILES string of the molecule is CC(C)n1c(-c2cc(Cl)ccc2N)nc2cc(Cl)ccc21. The van der Waals surface area contributed by atoms with Crippen molar-refractivity contribution < 1.29 is 0 Å². The Morgan fingerprint density at radius 2 is 1.71 bits per heavy atom. The monoisotopic (exact) mass is 319 g/mol. The molecule has 0 bridgehead atoms. The molecule has 2 aromatic carbocycles. The van der Waals surface area contributed by atoms with Gasteiger partial charge in [0.2, 0.25) is 0 Å². The van der Waals surface area contributed by atoms with Gasteiger partial charge in [-0.05, 0) is 50.2 Å². The van der Waals surface area contributed by atoms with Gasteiger partial charge in [0, 0.05) is 27.3 Å². The van der Waals surface area contributed by atoms with Crippen LogP contribution in [-0.2, 0) is 0 Å². The predicted molar refractivity (Wildman–Crippen MR) is 90.0 cm³/mol. The van der Waals surface area contributed by atoms with Crippen molar-refractivity contribution in [2.45, 2.75) is 19.9 Å². The summed E-state index contributed by atoms with van der Waals surface area (Å²) in [4.78, 5) is 4.71. The lowest BCUT2D eigenvalue weighted by atomic mass is 10.1. The number of nitrogens with two attached hydrogens (primary N) is 1. The third kappa shape index (κ3) is 2.47. The van der Waals surface area contributed by atoms with Crippen LogP contribution in [0.15, 0.2) is 36.4 Å². The Labute approximate surface area is 133 Å². The lowest BCUT2D eigenvalue weighted by Gasteiger charge is -2.14. The second-order valence-corrected chi connectivity index (χ2v) is 6.14. The molecule has 5 heteroatoms. The van der Waals surface area contributed by atoms with E-state index in [0.29, 0.717) is 15.7 Å². The number of aromatic nitrogens is 2. The van der Waals surface area contributed by atoms with E-state index in [2.05, 4.69) is 18.4 Å². The number of imidazole rings is 1. The fraction of sp³-hybridized carbons (Fsp3) is 0.188. The van der Waals surface area contributed by atoms with Crippen LogP contribution in [0.2, 0.25) is 10.0 Å². The minimum Gasteiger partial charge on any atom is -0.398 e. The summed E-state index contributed by atoms with van der Waals surface area (Å²) in [5.41, 5.74) is 9.48. The quantitative estimate of drug-likeness (QED) is 0.662. The molecule has 3 nitrogen and oxygen atoms in total. The Hall–Kier alpha value is -1.71. The Bertz CT molecular complexity index is 822. The molecule has 3 aromatic rings. The molecule has 0 saturated heterocycles. The molecule has 1 aromatic heterocycles. The van der Waals surface area contributed by atoms with Crippen molar-refractivity contribution in [3.63, 3.8) is 0 Å². The number of fused-ring (bicyclic) bond motifs is 1. The highest BCUT2D eigenvalue weighted by Gasteiger charge is 2.17. The van der Waals surface area contributed by atoms with Gasteiger partial charge in [-0.3, -0.25) is 0 Å². The number of nitrogen functional groups attached to an aromatic ring is 1. The summed E-state index contributed by atoms with van der Waals surface area (Å²) in [5, 5.41) is 1.31. The van der Waals surface area contributed by atoms with Crippen LogP contribution in [0.3, 0.4) is 0 Å². The fourth-order valence-corrected chi connectivity index (χ4v) is 2.85. The first-order chi connectivity index (χ1) is 9.97. The van der Waals surface area contributed by atoms with E-state index in [1.54, 1.807) is 12.1 Å². The van der Waals surface area contributed by atoms with Gasteiger partial charge in [-0.15, -0.1) is 0 Å². The molecule has 2 N–H and O–H groups in total. The smallest absolute Gasteiger partial charge is 0.143 e. The largest absolute Gasteiger partial charge is 0.398 e. The summed E-state index contributed by atoms with van der Waals surface area (Å²) in [6, 6.07) is 11.4. The summed E-state index contributed by atoms with van der Waals surface area (Å²) in [5.74, 6) is 0.808. The first-order valence-corrected chi connectivity index (χ1v) is 7.46. The summed E-state index contributed by atoms with van der Waals surface area (Å²) in [6.07, 6.45) is 0. The molecule has 0 atom stereocenters. The molecule has 0 radical (unpaired) electrons. The molecule has 21 heavy (non-hydrogen) atoms. The summed E-state index contributed by atoms with van der Waals surface area (Å²) in [6.45, 7) is 4.22. The molecular formula is C16H15Cl2N3. The number of benzene rings is 2. The van der Waals surface area contributed by atoms with Crippen molar-refractivity contribution in [3.05, 3.63) is 46.4 Å². The van der Waals surface area contributed by atoms with Crippen LogP contribution in [0.4, 0.5) is 5.69 Å². The van der Waals surface area contributed by atoms with Gasteiger partial charge in [0.15, 0.2) is 0 Å². The zero-order valence-corrected chi connectivity index (χ0v) is 13.3. The Morgan fingerprint density at radius 1 is 1.05 bits per heavy atom. The van der Waals surface area contributed by atoms with Crippen LogP contribution in [0.25, 0.3) is 22.4 Å². The minimum atomic E-state index is 0.240. The average Bonchev–Trinajstić information content (AvgIpc) is 2.79. The molecular weight excluding hydrogens is 305 g/mol. The van der Waals surface area contributed by atoms with Gasteiger partial charge in [0.05, 0.1) is 11.0 Å². The van der Waals surface area contributed by atoms with E-state index in [1.807, 2.05) is 24.3 Å². The van der Waals surface area contributed by atoms with E-state index < -0.39 is 0 Å². The first-order valence-electron chi connectivity index (χ1n) is 6.70. The molecule has 0 aliphatic carbocycles. The lowest BCUT2D eigenvalue weighted by Crippen LogP contribution is -2.04. The zero-order chi connectivity index (χ0) is 15.1. The molecule has 0 spiro atoms. The van der Waals surface area contributed by atoms with E-state index in [4.69, 9.17) is 33.9 Å². The number of hydrogen-bond acceptors (Lipinski definition) is 2. The molecule has 1 heterocycles. The normalized spacial score (nSPS) is 11.5. The van der Waals surface area contributed by atoms with Gasteiger partial charge in [-0.1, -0.05) is 23.2 Å². The molecule has 0 saturated carbocycles. The second-order valence-electron chi connectivity index (χ2n) is 5.26. The van der Waals surface area contributed by atoms with Gasteiger partial charge in [0.1, 0.15) is 5.82 Å². The number of rotatable bonds is 2. The van der Waals surface area contributed by atoms with Gasteiger partial charge in [0.25, 0.3) is 0 Å². The van der Waals surface area contributed by atoms with E-state index in [-0.39, 0.29) is 6.04 Å².